The molecule has 0 bridgehead atoms. The predicted molar refractivity (Wildman–Crippen MR) is 43.8 cm³/mol. The fourth-order valence-electron chi connectivity index (χ4n) is 0.763. The Morgan fingerprint density at radius 1 is 1.45 bits per heavy atom. The lowest BCUT2D eigenvalue weighted by atomic mass is 10.1. The number of rotatable bonds is 1. The maximum absolute atomic E-state index is 9.18. The first-order valence-corrected chi connectivity index (χ1v) is 3.09. The summed E-state index contributed by atoms with van der Waals surface area (Å²) in [5, 5.41) is 16.4. The number of terminal acetylenes is 1. The van der Waals surface area contributed by atoms with Gasteiger partial charge in [-0.25, -0.2) is 0 Å². The van der Waals surface area contributed by atoms with E-state index in [1.165, 1.54) is 6.07 Å². The Kier molecular flexibility index (Phi) is 1.93. The van der Waals surface area contributed by atoms with E-state index in [9.17, 15) is 5.11 Å². The van der Waals surface area contributed by atoms with Gasteiger partial charge in [-0.1, -0.05) is 18.1 Å². The lowest BCUT2D eigenvalue weighted by molar-refractivity contribution is 0.474. The molecular weight excluding hydrogens is 138 g/mol. The van der Waals surface area contributed by atoms with E-state index in [-0.39, 0.29) is 11.5 Å². The van der Waals surface area contributed by atoms with Gasteiger partial charge in [-0.15, -0.1) is 6.42 Å². The normalized spacial score (nSPS) is 8.64. The summed E-state index contributed by atoms with van der Waals surface area (Å²) in [6.07, 6.45) is 4.99. The zero-order valence-corrected chi connectivity index (χ0v) is 5.83. The van der Waals surface area contributed by atoms with E-state index in [1.807, 2.05) is 0 Å². The van der Waals surface area contributed by atoms with E-state index in [0.717, 1.165) is 0 Å². The Morgan fingerprint density at radius 2 is 2.09 bits per heavy atom. The maximum atomic E-state index is 9.18. The van der Waals surface area contributed by atoms with Gasteiger partial charge in [0.15, 0.2) is 0 Å². The van der Waals surface area contributed by atoms with Crippen molar-refractivity contribution >= 4 is 5.71 Å². The smallest absolute Gasteiger partial charge is 0.125 e. The SMILES string of the molecule is C#CC(=N)c1ccccc1O. The summed E-state index contributed by atoms with van der Waals surface area (Å²) in [4.78, 5) is 0. The minimum Gasteiger partial charge on any atom is -0.507 e. The van der Waals surface area contributed by atoms with Gasteiger partial charge >= 0.3 is 0 Å². The monoisotopic (exact) mass is 145 g/mol. The Morgan fingerprint density at radius 3 is 2.64 bits per heavy atom. The number of phenolic OH excluding ortho intramolecular Hbond substituents is 1. The highest BCUT2D eigenvalue weighted by atomic mass is 16.3. The lowest BCUT2D eigenvalue weighted by Crippen LogP contribution is -1.93. The molecule has 1 aromatic carbocycles. The summed E-state index contributed by atoms with van der Waals surface area (Å²) in [6.45, 7) is 0. The van der Waals surface area contributed by atoms with Gasteiger partial charge in [-0.2, -0.15) is 0 Å². The molecule has 0 amide bonds. The number of benzene rings is 1. The van der Waals surface area contributed by atoms with Gasteiger partial charge in [-0.3, -0.25) is 5.41 Å². The first kappa shape index (κ1) is 7.36. The van der Waals surface area contributed by atoms with Crippen LogP contribution in [-0.2, 0) is 0 Å². The number of phenols is 1. The third-order valence-electron chi connectivity index (χ3n) is 1.32. The van der Waals surface area contributed by atoms with Crippen molar-refractivity contribution in [2.45, 2.75) is 0 Å². The van der Waals surface area contributed by atoms with E-state index in [4.69, 9.17) is 11.8 Å². The molecule has 2 nitrogen and oxygen atoms in total. The maximum Gasteiger partial charge on any atom is 0.125 e. The molecule has 0 aromatic heterocycles. The van der Waals surface area contributed by atoms with Crippen LogP contribution in [-0.4, -0.2) is 10.8 Å². The van der Waals surface area contributed by atoms with Crippen LogP contribution in [0.2, 0.25) is 0 Å². The number of aromatic hydroxyl groups is 1. The van der Waals surface area contributed by atoms with Crippen molar-refractivity contribution in [3.63, 3.8) is 0 Å². The summed E-state index contributed by atoms with van der Waals surface area (Å²) in [5.41, 5.74) is 0.401. The fourth-order valence-corrected chi connectivity index (χ4v) is 0.763. The molecule has 2 N–H and O–H groups in total. The fraction of sp³-hybridized carbons (Fsp3) is 0. The quantitative estimate of drug-likeness (QED) is 0.455. The average Bonchev–Trinajstić information content (AvgIpc) is 2.04. The molecule has 0 aliphatic carbocycles. The number of hydrogen-bond donors (Lipinski definition) is 2. The van der Waals surface area contributed by atoms with Crippen molar-refractivity contribution in [1.82, 2.24) is 0 Å². The van der Waals surface area contributed by atoms with Gasteiger partial charge in [0.05, 0.1) is 0 Å². The third kappa shape index (κ3) is 1.39. The molecule has 0 saturated carbocycles. The average molecular weight is 145 g/mol. The summed E-state index contributed by atoms with van der Waals surface area (Å²) in [6, 6.07) is 6.52. The minimum absolute atomic E-state index is 0.00287. The summed E-state index contributed by atoms with van der Waals surface area (Å²) in [7, 11) is 0. The molecule has 0 fully saturated rings. The van der Waals surface area contributed by atoms with Gasteiger partial charge in [0.1, 0.15) is 11.5 Å². The molecule has 0 radical (unpaired) electrons. The highest BCUT2D eigenvalue weighted by Gasteiger charge is 2.01. The molecule has 1 aromatic rings. The minimum atomic E-state index is 0.00287. The van der Waals surface area contributed by atoms with Crippen LogP contribution in [0.1, 0.15) is 5.56 Å². The second-order valence-electron chi connectivity index (χ2n) is 2.04. The van der Waals surface area contributed by atoms with E-state index in [2.05, 4.69) is 5.92 Å². The first-order chi connectivity index (χ1) is 5.25. The van der Waals surface area contributed by atoms with Crippen molar-refractivity contribution in [2.24, 2.45) is 0 Å². The number of para-hydroxylation sites is 1. The van der Waals surface area contributed by atoms with Crippen molar-refractivity contribution in [3.8, 4) is 18.1 Å². The predicted octanol–water partition coefficient (Wildman–Crippen LogP) is 1.39. The van der Waals surface area contributed by atoms with Crippen LogP contribution in [0, 0.1) is 17.8 Å². The van der Waals surface area contributed by atoms with Gasteiger partial charge in [0.25, 0.3) is 0 Å². The van der Waals surface area contributed by atoms with Crippen molar-refractivity contribution in [3.05, 3.63) is 29.8 Å². The zero-order valence-electron chi connectivity index (χ0n) is 5.83. The van der Waals surface area contributed by atoms with Crippen molar-refractivity contribution in [2.75, 3.05) is 0 Å². The molecule has 54 valence electrons. The first-order valence-electron chi connectivity index (χ1n) is 3.09. The summed E-state index contributed by atoms with van der Waals surface area (Å²) >= 11 is 0. The highest BCUT2D eigenvalue weighted by Crippen LogP contribution is 2.15. The molecule has 0 saturated heterocycles. The molecule has 2 heteroatoms. The third-order valence-corrected chi connectivity index (χ3v) is 1.32. The van der Waals surface area contributed by atoms with Gasteiger partial charge < -0.3 is 5.11 Å². The second kappa shape index (κ2) is 2.89. The van der Waals surface area contributed by atoms with Crippen molar-refractivity contribution < 1.29 is 5.11 Å². The topological polar surface area (TPSA) is 44.1 Å². The molecule has 0 aliphatic rings. The molecule has 0 atom stereocenters. The van der Waals surface area contributed by atoms with Crippen LogP contribution in [0.3, 0.4) is 0 Å². The van der Waals surface area contributed by atoms with Gasteiger partial charge in [-0.05, 0) is 12.1 Å². The van der Waals surface area contributed by atoms with Crippen LogP contribution < -0.4 is 0 Å². The number of nitrogens with one attached hydrogen (secondary N) is 1. The van der Waals surface area contributed by atoms with Crippen molar-refractivity contribution in [1.29, 1.82) is 5.41 Å². The Bertz CT molecular complexity index is 323. The largest absolute Gasteiger partial charge is 0.507 e. The molecule has 0 aliphatic heterocycles. The Balaban J connectivity index is 3.16. The van der Waals surface area contributed by atoms with Gasteiger partial charge in [0.2, 0.25) is 0 Å². The molecule has 1 rings (SSSR count). The molecule has 0 heterocycles. The van der Waals surface area contributed by atoms with E-state index < -0.39 is 0 Å². The lowest BCUT2D eigenvalue weighted by Gasteiger charge is -1.98. The van der Waals surface area contributed by atoms with E-state index in [1.54, 1.807) is 18.2 Å². The zero-order chi connectivity index (χ0) is 8.27. The molecule has 0 spiro atoms. The Labute approximate surface area is 65.0 Å². The van der Waals surface area contributed by atoms with Crippen LogP contribution >= 0.6 is 0 Å². The molecule has 0 unspecified atom stereocenters. The molecular formula is C9H7NO. The standard InChI is InChI=1S/C9H7NO/c1-2-8(10)7-5-3-4-6-9(7)11/h1,3-6,10-11H. The van der Waals surface area contributed by atoms with Crippen LogP contribution in [0.15, 0.2) is 24.3 Å². The van der Waals surface area contributed by atoms with Crippen LogP contribution in [0.5, 0.6) is 5.75 Å². The number of hydrogen-bond acceptors (Lipinski definition) is 2. The molecule has 11 heavy (non-hydrogen) atoms. The summed E-state index contributed by atoms with van der Waals surface area (Å²) in [5.74, 6) is 2.20. The highest BCUT2D eigenvalue weighted by molar-refractivity contribution is 6.12. The van der Waals surface area contributed by atoms with E-state index >= 15 is 0 Å². The van der Waals surface area contributed by atoms with Gasteiger partial charge in [0, 0.05) is 5.56 Å². The van der Waals surface area contributed by atoms with Crippen LogP contribution in [0.4, 0.5) is 0 Å². The second-order valence-corrected chi connectivity index (χ2v) is 2.04. The van der Waals surface area contributed by atoms with E-state index in [0.29, 0.717) is 5.56 Å². The van der Waals surface area contributed by atoms with Crippen LogP contribution in [0.25, 0.3) is 0 Å². The summed E-state index contributed by atoms with van der Waals surface area (Å²) < 4.78 is 0. The Hall–Kier alpha value is -1.75.